The molecule has 0 radical (unpaired) electrons. The summed E-state index contributed by atoms with van der Waals surface area (Å²) in [6.07, 6.45) is 52.8. The minimum absolute atomic E-state index is 0.0644. The van der Waals surface area contributed by atoms with Crippen LogP contribution in [0.1, 0.15) is 117 Å². The summed E-state index contributed by atoms with van der Waals surface area (Å²) in [6, 6.07) is 0. The number of carbonyl (C=O) groups is 1. The molecule has 0 aliphatic rings. The van der Waals surface area contributed by atoms with Crippen molar-refractivity contribution in [2.24, 2.45) is 0 Å². The molecule has 0 bridgehead atoms. The van der Waals surface area contributed by atoms with Gasteiger partial charge in [-0.25, -0.2) is 4.57 Å². The predicted octanol–water partition coefficient (Wildman–Crippen LogP) is 12.0. The molecule has 312 valence electrons. The molecule has 0 aromatic rings. The molecule has 0 saturated carbocycles. The summed E-state index contributed by atoms with van der Waals surface area (Å²) >= 11 is 0. The van der Waals surface area contributed by atoms with Gasteiger partial charge in [0, 0.05) is 13.0 Å². The van der Waals surface area contributed by atoms with Crippen molar-refractivity contribution in [1.29, 1.82) is 0 Å². The zero-order chi connectivity index (χ0) is 40.6. The SMILES string of the molecule is CC/C=C\C/C=C\C/C=C\C/C=C\C/C=C\CCCC(=O)OC(COCCCCC/C=C\C/C=C\C/C=C\C/C=C\CC)COP(=O)(O)OCC[N+](C)(C)C. The van der Waals surface area contributed by atoms with Gasteiger partial charge in [0.05, 0.1) is 34.4 Å². The van der Waals surface area contributed by atoms with E-state index in [1.165, 1.54) is 0 Å². The Morgan fingerprint density at radius 2 is 1.00 bits per heavy atom. The maximum absolute atomic E-state index is 12.6. The molecule has 0 aliphatic carbocycles. The second-order valence-corrected chi connectivity index (χ2v) is 15.7. The molecular weight excluding hydrogens is 709 g/mol. The van der Waals surface area contributed by atoms with Crippen molar-refractivity contribution < 1.29 is 37.3 Å². The minimum Gasteiger partial charge on any atom is -0.457 e. The van der Waals surface area contributed by atoms with E-state index in [0.717, 1.165) is 89.9 Å². The van der Waals surface area contributed by atoms with Crippen LogP contribution in [-0.4, -0.2) is 75.6 Å². The van der Waals surface area contributed by atoms with E-state index >= 15 is 0 Å². The number of unbranched alkanes of at least 4 members (excludes halogenated alkanes) is 4. The van der Waals surface area contributed by atoms with Crippen molar-refractivity contribution in [2.75, 3.05) is 54.1 Å². The molecule has 2 unspecified atom stereocenters. The molecule has 9 heteroatoms. The molecule has 0 aliphatic heterocycles. The number of nitrogens with zero attached hydrogens (tertiary/aromatic N) is 1. The number of phosphoric ester groups is 1. The third kappa shape index (κ3) is 42.1. The maximum Gasteiger partial charge on any atom is 0.472 e. The van der Waals surface area contributed by atoms with Crippen molar-refractivity contribution in [3.05, 3.63) is 109 Å². The smallest absolute Gasteiger partial charge is 0.457 e. The minimum atomic E-state index is -4.31. The highest BCUT2D eigenvalue weighted by molar-refractivity contribution is 7.47. The van der Waals surface area contributed by atoms with Crippen LogP contribution in [-0.2, 0) is 27.9 Å². The molecule has 8 nitrogen and oxygen atoms in total. The lowest BCUT2D eigenvalue weighted by Gasteiger charge is -2.24. The highest BCUT2D eigenvalue weighted by Crippen LogP contribution is 2.43. The first-order valence-corrected chi connectivity index (χ1v) is 22.1. The van der Waals surface area contributed by atoms with E-state index in [1.54, 1.807) is 0 Å². The standard InChI is InChI=1S/C46H76NO7P/c1-6-8-10-12-14-16-18-20-22-24-25-27-29-31-33-35-37-39-46(48)54-45(44-53-55(49,50)52-42-40-47(3,4)5)43-51-41-38-36-34-32-30-28-26-23-21-19-17-15-13-11-9-7-2/h8-11,14-17,20-23,25,27-28,30-31,33,45H,6-7,12-13,18-19,24,26,29,32,34-44H2,1-5H3/p+1/b10-8-,11-9-,16-14-,17-15-,22-20-,23-21-,27-25-,30-28-,33-31-. The van der Waals surface area contributed by atoms with Crippen molar-refractivity contribution >= 4 is 13.8 Å². The number of hydrogen-bond acceptors (Lipinski definition) is 6. The second-order valence-electron chi connectivity index (χ2n) is 14.2. The molecule has 55 heavy (non-hydrogen) atoms. The molecule has 0 spiro atoms. The molecule has 0 aromatic carbocycles. The number of phosphoric acid groups is 1. The fourth-order valence-electron chi connectivity index (χ4n) is 4.69. The Morgan fingerprint density at radius 1 is 0.564 bits per heavy atom. The summed E-state index contributed by atoms with van der Waals surface area (Å²) < 4.78 is 34.8. The lowest BCUT2D eigenvalue weighted by molar-refractivity contribution is -0.870. The largest absolute Gasteiger partial charge is 0.472 e. The van der Waals surface area contributed by atoms with Crippen molar-refractivity contribution in [3.8, 4) is 0 Å². The average Bonchev–Trinajstić information content (AvgIpc) is 3.13. The number of rotatable bonds is 36. The first-order valence-electron chi connectivity index (χ1n) is 20.6. The molecule has 1 N–H and O–H groups in total. The Hall–Kier alpha value is -2.84. The quantitative estimate of drug-likeness (QED) is 0.0222. The Balaban J connectivity index is 4.47. The molecule has 0 heterocycles. The van der Waals surface area contributed by atoms with Crippen molar-refractivity contribution in [3.63, 3.8) is 0 Å². The fourth-order valence-corrected chi connectivity index (χ4v) is 5.44. The summed E-state index contributed by atoms with van der Waals surface area (Å²) in [6.45, 7) is 5.18. The van der Waals surface area contributed by atoms with Gasteiger partial charge in [-0.3, -0.25) is 13.8 Å². The van der Waals surface area contributed by atoms with E-state index in [4.69, 9.17) is 18.5 Å². The molecule has 0 saturated heterocycles. The van der Waals surface area contributed by atoms with Gasteiger partial charge in [0.15, 0.2) is 0 Å². The van der Waals surface area contributed by atoms with Gasteiger partial charge in [-0.2, -0.15) is 0 Å². The van der Waals surface area contributed by atoms with Crippen LogP contribution in [0.25, 0.3) is 0 Å². The third-order valence-electron chi connectivity index (χ3n) is 7.83. The molecular formula is C46H77NO7P+. The summed E-state index contributed by atoms with van der Waals surface area (Å²) in [5.41, 5.74) is 0. The molecule has 2 atom stereocenters. The van der Waals surface area contributed by atoms with Gasteiger partial charge >= 0.3 is 13.8 Å². The highest BCUT2D eigenvalue weighted by Gasteiger charge is 2.26. The van der Waals surface area contributed by atoms with Gasteiger partial charge in [-0.05, 0) is 89.9 Å². The van der Waals surface area contributed by atoms with Gasteiger partial charge in [-0.1, -0.05) is 130 Å². The summed E-state index contributed by atoms with van der Waals surface area (Å²) in [5, 5.41) is 0. The van der Waals surface area contributed by atoms with Crippen LogP contribution in [0.4, 0.5) is 0 Å². The number of ether oxygens (including phenoxy) is 2. The zero-order valence-electron chi connectivity index (χ0n) is 35.1. The Kier molecular flexibility index (Phi) is 36.1. The molecule has 0 rings (SSSR count). The van der Waals surface area contributed by atoms with Crippen LogP contribution in [0.3, 0.4) is 0 Å². The molecule has 0 fully saturated rings. The Bertz CT molecular complexity index is 1240. The first kappa shape index (κ1) is 52.2. The van der Waals surface area contributed by atoms with E-state index in [2.05, 4.69) is 123 Å². The van der Waals surface area contributed by atoms with E-state index in [0.29, 0.717) is 24.1 Å². The number of quaternary nitrogens is 1. The summed E-state index contributed by atoms with van der Waals surface area (Å²) in [4.78, 5) is 22.8. The Morgan fingerprint density at radius 3 is 1.45 bits per heavy atom. The highest BCUT2D eigenvalue weighted by atomic mass is 31.2. The predicted molar refractivity (Wildman–Crippen MR) is 233 cm³/mol. The van der Waals surface area contributed by atoms with Gasteiger partial charge in [-0.15, -0.1) is 0 Å². The molecule has 0 aromatic heterocycles. The van der Waals surface area contributed by atoms with Crippen molar-refractivity contribution in [2.45, 2.75) is 123 Å². The van der Waals surface area contributed by atoms with Crippen molar-refractivity contribution in [1.82, 2.24) is 0 Å². The van der Waals surface area contributed by atoms with Gasteiger partial charge in [0.1, 0.15) is 19.3 Å². The summed E-state index contributed by atoms with van der Waals surface area (Å²) in [5.74, 6) is -0.388. The monoisotopic (exact) mass is 787 g/mol. The summed E-state index contributed by atoms with van der Waals surface area (Å²) in [7, 11) is 1.59. The number of allylic oxidation sites excluding steroid dienone is 18. The number of esters is 1. The van der Waals surface area contributed by atoms with E-state index in [9.17, 15) is 14.3 Å². The van der Waals surface area contributed by atoms with Crippen LogP contribution in [0, 0.1) is 0 Å². The second kappa shape index (κ2) is 38.1. The van der Waals surface area contributed by atoms with Gasteiger partial charge in [0.25, 0.3) is 0 Å². The lowest BCUT2D eigenvalue weighted by Crippen LogP contribution is -2.37. The van der Waals surface area contributed by atoms with Crippen LogP contribution >= 0.6 is 7.82 Å². The van der Waals surface area contributed by atoms with Crippen LogP contribution in [0.2, 0.25) is 0 Å². The van der Waals surface area contributed by atoms with Crippen LogP contribution < -0.4 is 0 Å². The topological polar surface area (TPSA) is 91.3 Å². The zero-order valence-corrected chi connectivity index (χ0v) is 36.0. The van der Waals surface area contributed by atoms with E-state index < -0.39 is 13.9 Å². The lowest BCUT2D eigenvalue weighted by atomic mass is 10.2. The fraction of sp³-hybridized carbons (Fsp3) is 0.587. The third-order valence-corrected chi connectivity index (χ3v) is 8.81. The number of carbonyl (C=O) groups excluding carboxylic acids is 1. The van der Waals surface area contributed by atoms with E-state index in [1.807, 2.05) is 21.1 Å². The number of likely N-dealkylation sites (N-methyl/N-ethyl adjacent to an activating group) is 1. The van der Waals surface area contributed by atoms with Crippen LogP contribution in [0.5, 0.6) is 0 Å². The Labute approximate surface area is 336 Å². The normalized spacial score (nSPS) is 14.9. The maximum atomic E-state index is 12.6. The van der Waals surface area contributed by atoms with Gasteiger partial charge < -0.3 is 18.9 Å². The average molecular weight is 787 g/mol. The van der Waals surface area contributed by atoms with Crippen LogP contribution in [0.15, 0.2) is 109 Å². The molecule has 0 amide bonds. The first-order chi connectivity index (χ1) is 26.6. The van der Waals surface area contributed by atoms with Gasteiger partial charge in [0.2, 0.25) is 0 Å². The van der Waals surface area contributed by atoms with E-state index in [-0.39, 0.29) is 32.2 Å². The number of hydrogen-bond donors (Lipinski definition) is 1.